The second-order valence-electron chi connectivity index (χ2n) is 5.47. The Hall–Kier alpha value is 0.1000. The molecule has 1 aliphatic rings. The van der Waals surface area contributed by atoms with Gasteiger partial charge in [-0.25, -0.2) is 0 Å². The Bertz CT molecular complexity index is 372. The minimum absolute atomic E-state index is 0.375. The minimum atomic E-state index is 0.375. The fraction of sp³-hybridized carbons (Fsp3) is 0.714. The molecule has 1 unspecified atom stereocenters. The van der Waals surface area contributed by atoms with Crippen molar-refractivity contribution in [3.8, 4) is 0 Å². The molecule has 4 heteroatoms. The summed E-state index contributed by atoms with van der Waals surface area (Å²) in [5.74, 6) is 0.904. The molecule has 1 aromatic rings. The van der Waals surface area contributed by atoms with E-state index in [-0.39, 0.29) is 0 Å². The van der Waals surface area contributed by atoms with Crippen molar-refractivity contribution in [1.29, 1.82) is 0 Å². The van der Waals surface area contributed by atoms with E-state index in [1.54, 1.807) is 0 Å². The fourth-order valence-electron chi connectivity index (χ4n) is 2.89. The second kappa shape index (κ2) is 6.51. The Morgan fingerprint density at radius 1 is 1.39 bits per heavy atom. The van der Waals surface area contributed by atoms with Gasteiger partial charge in [0.1, 0.15) is 0 Å². The maximum atomic E-state index is 6.00. The first-order chi connectivity index (χ1) is 8.61. The number of rotatable bonds is 4. The van der Waals surface area contributed by atoms with Crippen molar-refractivity contribution < 1.29 is 0 Å². The van der Waals surface area contributed by atoms with E-state index in [9.17, 15) is 0 Å². The Labute approximate surface area is 123 Å². The third-order valence-electron chi connectivity index (χ3n) is 4.20. The van der Waals surface area contributed by atoms with E-state index in [0.29, 0.717) is 18.6 Å². The minimum Gasteiger partial charge on any atom is -0.329 e. The van der Waals surface area contributed by atoms with Crippen LogP contribution in [0, 0.1) is 5.92 Å². The van der Waals surface area contributed by atoms with Crippen LogP contribution in [0.15, 0.2) is 15.9 Å². The third kappa shape index (κ3) is 3.35. The number of nitrogens with zero attached hydrogens (tertiary/aromatic N) is 1. The van der Waals surface area contributed by atoms with Gasteiger partial charge in [0.25, 0.3) is 0 Å². The lowest BCUT2D eigenvalue weighted by Crippen LogP contribution is -2.40. The van der Waals surface area contributed by atoms with Gasteiger partial charge in [-0.2, -0.15) is 0 Å². The molecule has 0 saturated heterocycles. The van der Waals surface area contributed by atoms with Crippen molar-refractivity contribution in [2.24, 2.45) is 11.7 Å². The Balaban J connectivity index is 2.03. The zero-order valence-corrected chi connectivity index (χ0v) is 13.6. The lowest BCUT2D eigenvalue weighted by molar-refractivity contribution is 0.128. The average molecular weight is 331 g/mol. The zero-order valence-electron chi connectivity index (χ0n) is 11.2. The molecule has 1 heterocycles. The quantitative estimate of drug-likeness (QED) is 0.903. The summed E-state index contributed by atoms with van der Waals surface area (Å²) in [6.07, 6.45) is 5.36. The van der Waals surface area contributed by atoms with Crippen LogP contribution in [-0.4, -0.2) is 24.5 Å². The van der Waals surface area contributed by atoms with Crippen molar-refractivity contribution in [3.05, 3.63) is 20.8 Å². The summed E-state index contributed by atoms with van der Waals surface area (Å²) in [7, 11) is 2.24. The predicted molar refractivity (Wildman–Crippen MR) is 83.0 cm³/mol. The van der Waals surface area contributed by atoms with Crippen molar-refractivity contribution in [2.45, 2.75) is 44.7 Å². The van der Waals surface area contributed by atoms with Crippen LogP contribution >= 0.6 is 27.3 Å². The van der Waals surface area contributed by atoms with Crippen LogP contribution < -0.4 is 5.73 Å². The Morgan fingerprint density at radius 3 is 2.56 bits per heavy atom. The number of hydrogen-bond donors (Lipinski definition) is 1. The summed E-state index contributed by atoms with van der Waals surface area (Å²) >= 11 is 5.35. The van der Waals surface area contributed by atoms with Gasteiger partial charge in [-0.1, -0.05) is 6.92 Å². The summed E-state index contributed by atoms with van der Waals surface area (Å²) < 4.78 is 1.20. The first-order valence-corrected chi connectivity index (χ1v) is 8.40. The van der Waals surface area contributed by atoms with Crippen LogP contribution in [0.1, 0.15) is 43.5 Å². The van der Waals surface area contributed by atoms with Crippen LogP contribution in [-0.2, 0) is 0 Å². The molecule has 1 aliphatic carbocycles. The van der Waals surface area contributed by atoms with E-state index in [2.05, 4.69) is 46.9 Å². The zero-order chi connectivity index (χ0) is 13.1. The standard InChI is InChI=1S/C14H23BrN2S/c1-10-3-5-11(6-4-10)17(2)12(9-16)13-7-8-14(15)18-13/h7-8,10-12H,3-6,9,16H2,1-2H3. The Kier molecular flexibility index (Phi) is 5.24. The van der Waals surface area contributed by atoms with E-state index < -0.39 is 0 Å². The van der Waals surface area contributed by atoms with Crippen molar-refractivity contribution in [2.75, 3.05) is 13.6 Å². The van der Waals surface area contributed by atoms with Gasteiger partial charge in [0.05, 0.1) is 9.83 Å². The smallest absolute Gasteiger partial charge is 0.0702 e. The van der Waals surface area contributed by atoms with Crippen molar-refractivity contribution in [1.82, 2.24) is 4.90 Å². The van der Waals surface area contributed by atoms with Crippen LogP contribution in [0.5, 0.6) is 0 Å². The molecule has 1 fully saturated rings. The molecule has 102 valence electrons. The van der Waals surface area contributed by atoms with E-state index >= 15 is 0 Å². The topological polar surface area (TPSA) is 29.3 Å². The highest BCUT2D eigenvalue weighted by atomic mass is 79.9. The van der Waals surface area contributed by atoms with Gasteiger partial charge < -0.3 is 5.73 Å². The Morgan fingerprint density at radius 2 is 2.06 bits per heavy atom. The molecular weight excluding hydrogens is 308 g/mol. The highest BCUT2D eigenvalue weighted by Crippen LogP contribution is 2.34. The number of likely N-dealkylation sites (N-methyl/N-ethyl adjacent to an activating group) is 1. The summed E-state index contributed by atoms with van der Waals surface area (Å²) in [6, 6.07) is 5.41. The van der Waals surface area contributed by atoms with Crippen molar-refractivity contribution in [3.63, 3.8) is 0 Å². The number of halogens is 1. The molecule has 0 radical (unpaired) electrons. The van der Waals surface area contributed by atoms with Crippen LogP contribution in [0.3, 0.4) is 0 Å². The summed E-state index contributed by atoms with van der Waals surface area (Å²) in [4.78, 5) is 3.88. The molecule has 1 saturated carbocycles. The van der Waals surface area contributed by atoms with Gasteiger partial charge in [-0.15, -0.1) is 11.3 Å². The van der Waals surface area contributed by atoms with Gasteiger partial charge in [0.2, 0.25) is 0 Å². The van der Waals surface area contributed by atoms with Crippen LogP contribution in [0.25, 0.3) is 0 Å². The molecule has 0 aromatic carbocycles. The van der Waals surface area contributed by atoms with Crippen molar-refractivity contribution >= 4 is 27.3 Å². The summed E-state index contributed by atoms with van der Waals surface area (Å²) in [6.45, 7) is 3.07. The highest BCUT2D eigenvalue weighted by molar-refractivity contribution is 9.11. The molecule has 2 rings (SSSR count). The fourth-order valence-corrected chi connectivity index (χ4v) is 4.48. The molecule has 18 heavy (non-hydrogen) atoms. The molecule has 2 nitrogen and oxygen atoms in total. The summed E-state index contributed by atoms with van der Waals surface area (Å²) in [5.41, 5.74) is 6.00. The lowest BCUT2D eigenvalue weighted by Gasteiger charge is -2.37. The van der Waals surface area contributed by atoms with E-state index in [0.717, 1.165) is 5.92 Å². The highest BCUT2D eigenvalue weighted by Gasteiger charge is 2.27. The van der Waals surface area contributed by atoms with Gasteiger partial charge in [-0.05, 0) is 66.7 Å². The predicted octanol–water partition coefficient (Wildman–Crippen LogP) is 4.02. The summed E-state index contributed by atoms with van der Waals surface area (Å²) in [5, 5.41) is 0. The number of hydrogen-bond acceptors (Lipinski definition) is 3. The molecule has 0 spiro atoms. The number of nitrogens with two attached hydrogens (primary N) is 1. The van der Waals surface area contributed by atoms with Gasteiger partial charge in [0, 0.05) is 17.5 Å². The van der Waals surface area contributed by atoms with Crippen LogP contribution in [0.2, 0.25) is 0 Å². The van der Waals surface area contributed by atoms with E-state index in [1.807, 2.05) is 11.3 Å². The molecule has 0 amide bonds. The monoisotopic (exact) mass is 330 g/mol. The molecule has 2 N–H and O–H groups in total. The normalized spacial score (nSPS) is 26.5. The van der Waals surface area contributed by atoms with Gasteiger partial charge >= 0.3 is 0 Å². The maximum absolute atomic E-state index is 6.00. The van der Waals surface area contributed by atoms with Gasteiger partial charge in [-0.3, -0.25) is 4.90 Å². The SMILES string of the molecule is CC1CCC(N(C)C(CN)c2ccc(Br)s2)CC1. The first kappa shape index (κ1) is 14.5. The molecule has 0 aliphatic heterocycles. The molecular formula is C14H23BrN2S. The molecule has 1 aromatic heterocycles. The first-order valence-electron chi connectivity index (χ1n) is 6.79. The van der Waals surface area contributed by atoms with E-state index in [1.165, 1.54) is 34.3 Å². The largest absolute Gasteiger partial charge is 0.329 e. The van der Waals surface area contributed by atoms with Crippen LogP contribution in [0.4, 0.5) is 0 Å². The molecule has 0 bridgehead atoms. The maximum Gasteiger partial charge on any atom is 0.0702 e. The third-order valence-corrected chi connectivity index (χ3v) is 5.92. The molecule has 1 atom stereocenters. The average Bonchev–Trinajstić information content (AvgIpc) is 2.77. The second-order valence-corrected chi connectivity index (χ2v) is 7.97. The van der Waals surface area contributed by atoms with Gasteiger partial charge in [0.15, 0.2) is 0 Å². The van der Waals surface area contributed by atoms with E-state index in [4.69, 9.17) is 5.73 Å². The number of thiophene rings is 1. The lowest BCUT2D eigenvalue weighted by atomic mass is 9.86.